The molecule has 0 aromatic heterocycles. The van der Waals surface area contributed by atoms with E-state index in [0.29, 0.717) is 22.8 Å². The zero-order chi connectivity index (χ0) is 15.5. The second kappa shape index (κ2) is 6.65. The predicted octanol–water partition coefficient (Wildman–Crippen LogP) is 2.38. The fourth-order valence-electron chi connectivity index (χ4n) is 2.09. The average molecular weight is 314 g/mol. The zero-order valence-electron chi connectivity index (χ0n) is 12.4. The van der Waals surface area contributed by atoms with Crippen LogP contribution in [0.25, 0.3) is 0 Å². The highest BCUT2D eigenvalue weighted by Gasteiger charge is 2.28. The molecule has 0 saturated heterocycles. The number of nitrogens with two attached hydrogens (primary N) is 1. The Bertz CT molecular complexity index is 595. The van der Waals surface area contributed by atoms with Crippen molar-refractivity contribution in [1.82, 2.24) is 4.31 Å². The van der Waals surface area contributed by atoms with E-state index in [1.807, 2.05) is 39.8 Å². The molecule has 20 heavy (non-hydrogen) atoms. The first-order valence-corrected chi connectivity index (χ1v) is 8.38. The average Bonchev–Trinajstić information content (AvgIpc) is 2.26. The quantitative estimate of drug-likeness (QED) is 0.819. The van der Waals surface area contributed by atoms with Crippen LogP contribution in [0.4, 0.5) is 0 Å². The Labute approximate surface area is 127 Å². The molecule has 6 heteroatoms. The number of hydrogen-bond acceptors (Lipinski definition) is 3. The number of benzene rings is 1. The number of thiocarbonyl (C=S) groups is 1. The van der Waals surface area contributed by atoms with Crippen molar-refractivity contribution in [3.63, 3.8) is 0 Å². The lowest BCUT2D eigenvalue weighted by atomic mass is 10.2. The van der Waals surface area contributed by atoms with Crippen LogP contribution in [0.15, 0.2) is 23.1 Å². The Balaban J connectivity index is 3.19. The maximum atomic E-state index is 12.8. The summed E-state index contributed by atoms with van der Waals surface area (Å²) < 4.78 is 27.0. The lowest BCUT2D eigenvalue weighted by Gasteiger charge is -2.26. The van der Waals surface area contributed by atoms with Gasteiger partial charge in [0.15, 0.2) is 0 Å². The smallest absolute Gasteiger partial charge is 0.243 e. The number of rotatable bonds is 6. The Morgan fingerprint density at radius 1 is 1.35 bits per heavy atom. The molecular weight excluding hydrogens is 292 g/mol. The van der Waals surface area contributed by atoms with Crippen molar-refractivity contribution in [2.75, 3.05) is 6.54 Å². The SMILES string of the molecule is Cc1ccc(S(=O)(=O)N(CCC(N)=S)C(C)C)c(C)c1. The van der Waals surface area contributed by atoms with E-state index in [4.69, 9.17) is 18.0 Å². The fourth-order valence-corrected chi connectivity index (χ4v) is 4.03. The van der Waals surface area contributed by atoms with Crippen LogP contribution in [0.3, 0.4) is 0 Å². The van der Waals surface area contributed by atoms with Gasteiger partial charge in [0, 0.05) is 19.0 Å². The van der Waals surface area contributed by atoms with Gasteiger partial charge in [-0.15, -0.1) is 0 Å². The molecule has 0 fully saturated rings. The molecule has 0 bridgehead atoms. The van der Waals surface area contributed by atoms with Crippen LogP contribution in [0, 0.1) is 13.8 Å². The molecule has 0 atom stereocenters. The maximum absolute atomic E-state index is 12.8. The zero-order valence-corrected chi connectivity index (χ0v) is 14.0. The van der Waals surface area contributed by atoms with Crippen LogP contribution in [0.2, 0.25) is 0 Å². The van der Waals surface area contributed by atoms with Crippen molar-refractivity contribution in [2.45, 2.75) is 45.1 Å². The van der Waals surface area contributed by atoms with Gasteiger partial charge in [-0.05, 0) is 39.3 Å². The Morgan fingerprint density at radius 2 is 1.95 bits per heavy atom. The van der Waals surface area contributed by atoms with Gasteiger partial charge in [0.1, 0.15) is 0 Å². The van der Waals surface area contributed by atoms with E-state index in [1.54, 1.807) is 6.07 Å². The van der Waals surface area contributed by atoms with Gasteiger partial charge in [0.2, 0.25) is 10.0 Å². The van der Waals surface area contributed by atoms with Crippen LogP contribution >= 0.6 is 12.2 Å². The first-order valence-electron chi connectivity index (χ1n) is 6.53. The van der Waals surface area contributed by atoms with Gasteiger partial charge >= 0.3 is 0 Å². The number of sulfonamides is 1. The largest absolute Gasteiger partial charge is 0.393 e. The van der Waals surface area contributed by atoms with E-state index in [0.717, 1.165) is 11.1 Å². The molecule has 2 N–H and O–H groups in total. The van der Waals surface area contributed by atoms with Crippen LogP contribution in [0.1, 0.15) is 31.4 Å². The summed E-state index contributed by atoms with van der Waals surface area (Å²) in [6.07, 6.45) is 0.387. The topological polar surface area (TPSA) is 63.4 Å². The highest BCUT2D eigenvalue weighted by atomic mass is 32.2. The van der Waals surface area contributed by atoms with E-state index < -0.39 is 10.0 Å². The normalized spacial score (nSPS) is 12.1. The first kappa shape index (κ1) is 17.1. The molecule has 0 radical (unpaired) electrons. The van der Waals surface area contributed by atoms with E-state index in [1.165, 1.54) is 4.31 Å². The number of nitrogens with zero attached hydrogens (tertiary/aromatic N) is 1. The fraction of sp³-hybridized carbons (Fsp3) is 0.500. The van der Waals surface area contributed by atoms with E-state index in [-0.39, 0.29) is 6.04 Å². The highest BCUT2D eigenvalue weighted by Crippen LogP contribution is 2.22. The summed E-state index contributed by atoms with van der Waals surface area (Å²) in [5.41, 5.74) is 7.28. The molecular formula is C14H22N2O2S2. The molecule has 1 aromatic carbocycles. The second-order valence-corrected chi connectivity index (χ2v) is 7.58. The summed E-state index contributed by atoms with van der Waals surface area (Å²) >= 11 is 4.84. The highest BCUT2D eigenvalue weighted by molar-refractivity contribution is 7.89. The van der Waals surface area contributed by atoms with Gasteiger partial charge in [0.25, 0.3) is 0 Å². The molecule has 0 aliphatic heterocycles. The lowest BCUT2D eigenvalue weighted by Crippen LogP contribution is -2.39. The van der Waals surface area contributed by atoms with Crippen LogP contribution in [-0.2, 0) is 10.0 Å². The number of hydrogen-bond donors (Lipinski definition) is 1. The minimum atomic E-state index is -3.53. The van der Waals surface area contributed by atoms with Gasteiger partial charge in [-0.3, -0.25) is 0 Å². The van der Waals surface area contributed by atoms with Gasteiger partial charge in [-0.25, -0.2) is 8.42 Å². The Hall–Kier alpha value is -0.980. The lowest BCUT2D eigenvalue weighted by molar-refractivity contribution is 0.362. The minimum Gasteiger partial charge on any atom is -0.393 e. The molecule has 1 rings (SSSR count). The van der Waals surface area contributed by atoms with E-state index >= 15 is 0 Å². The van der Waals surface area contributed by atoms with E-state index in [9.17, 15) is 8.42 Å². The third-order valence-electron chi connectivity index (χ3n) is 3.07. The molecule has 0 spiro atoms. The molecule has 1 aromatic rings. The molecule has 0 aliphatic carbocycles. The van der Waals surface area contributed by atoms with Gasteiger partial charge in [-0.2, -0.15) is 4.31 Å². The van der Waals surface area contributed by atoms with Gasteiger partial charge in [0.05, 0.1) is 9.88 Å². The maximum Gasteiger partial charge on any atom is 0.243 e. The molecule has 0 amide bonds. The minimum absolute atomic E-state index is 0.143. The summed E-state index contributed by atoms with van der Waals surface area (Å²) in [4.78, 5) is 0.672. The summed E-state index contributed by atoms with van der Waals surface area (Å²) in [5.74, 6) is 0. The van der Waals surface area contributed by atoms with Gasteiger partial charge < -0.3 is 5.73 Å². The summed E-state index contributed by atoms with van der Waals surface area (Å²) in [5, 5.41) is 0. The van der Waals surface area contributed by atoms with Crippen molar-refractivity contribution in [1.29, 1.82) is 0 Å². The van der Waals surface area contributed by atoms with Crippen molar-refractivity contribution >= 4 is 27.2 Å². The molecule has 0 saturated carbocycles. The third-order valence-corrected chi connectivity index (χ3v) is 5.51. The summed E-state index contributed by atoms with van der Waals surface area (Å²) in [6.45, 7) is 7.76. The number of aryl methyl sites for hydroxylation is 2. The Morgan fingerprint density at radius 3 is 2.40 bits per heavy atom. The van der Waals surface area contributed by atoms with Crippen LogP contribution in [-0.4, -0.2) is 30.3 Å². The molecule has 0 aliphatic rings. The van der Waals surface area contributed by atoms with Crippen LogP contribution in [0.5, 0.6) is 0 Å². The van der Waals surface area contributed by atoms with Crippen LogP contribution < -0.4 is 5.73 Å². The molecule has 112 valence electrons. The molecule has 0 unspecified atom stereocenters. The van der Waals surface area contributed by atoms with Crippen molar-refractivity contribution in [3.05, 3.63) is 29.3 Å². The van der Waals surface area contributed by atoms with Crippen molar-refractivity contribution < 1.29 is 8.42 Å². The summed E-state index contributed by atoms with van der Waals surface area (Å²) in [6, 6.07) is 5.20. The van der Waals surface area contributed by atoms with Crippen molar-refractivity contribution in [3.8, 4) is 0 Å². The molecule has 4 nitrogen and oxygen atoms in total. The second-order valence-electron chi connectivity index (χ2n) is 5.19. The monoisotopic (exact) mass is 314 g/mol. The van der Waals surface area contributed by atoms with E-state index in [2.05, 4.69) is 0 Å². The van der Waals surface area contributed by atoms with Crippen molar-refractivity contribution in [2.24, 2.45) is 5.73 Å². The first-order chi connectivity index (χ1) is 9.16. The molecule has 0 heterocycles. The summed E-state index contributed by atoms with van der Waals surface area (Å²) in [7, 11) is -3.53. The predicted molar refractivity (Wildman–Crippen MR) is 86.3 cm³/mol. The third kappa shape index (κ3) is 4.01. The van der Waals surface area contributed by atoms with Gasteiger partial charge in [-0.1, -0.05) is 29.9 Å². The standard InChI is InChI=1S/C14H22N2O2S2/c1-10(2)16(8-7-14(15)19)20(17,18)13-6-5-11(3)9-12(13)4/h5-6,9-10H,7-8H2,1-4H3,(H2,15,19). The Kier molecular flexibility index (Phi) is 5.68.